The molecule has 1 spiro atoms. The quantitative estimate of drug-likeness (QED) is 0.542. The summed E-state index contributed by atoms with van der Waals surface area (Å²) in [4.78, 5) is 38.9. The third-order valence-electron chi connectivity index (χ3n) is 5.78. The minimum atomic E-state index is -1.14. The van der Waals surface area contributed by atoms with Gasteiger partial charge >= 0.3 is 6.03 Å². The van der Waals surface area contributed by atoms with E-state index in [1.807, 2.05) is 32.0 Å². The number of carbonyl (C=O) groups is 3. The number of urea groups is 1. The summed E-state index contributed by atoms with van der Waals surface area (Å²) < 4.78 is 6.01. The van der Waals surface area contributed by atoms with Crippen molar-refractivity contribution in [1.82, 2.24) is 15.5 Å². The number of aryl methyl sites for hydroxylation is 1. The normalized spacial score (nSPS) is 24.8. The zero-order chi connectivity index (χ0) is 21.3. The standard InChI is InChI=1S/C22H31N3O4/c1-20(2)15-22(21(3,4)29-20)18(27)25(19(28)24-22)14-17(26)23-13-9-8-12-16-10-6-5-7-11-16/h5-7,10-11H,8-9,12-15H2,1-4H3,(H,23,26)(H,24,28)/t22-/m0/s1. The Bertz CT molecular complexity index is 791. The van der Waals surface area contributed by atoms with Gasteiger partial charge in [0.1, 0.15) is 6.54 Å². The first-order chi connectivity index (χ1) is 13.6. The molecule has 3 rings (SSSR count). The molecule has 2 heterocycles. The lowest BCUT2D eigenvalue weighted by molar-refractivity contribution is -0.140. The molecule has 1 aromatic rings. The number of carbonyl (C=O) groups excluding carboxylic acids is 3. The van der Waals surface area contributed by atoms with E-state index in [0.29, 0.717) is 13.0 Å². The van der Waals surface area contributed by atoms with Gasteiger partial charge in [-0.3, -0.25) is 14.5 Å². The first-order valence-electron chi connectivity index (χ1n) is 10.2. The van der Waals surface area contributed by atoms with Crippen LogP contribution in [0.1, 0.15) is 52.5 Å². The van der Waals surface area contributed by atoms with Crippen LogP contribution < -0.4 is 10.6 Å². The van der Waals surface area contributed by atoms with E-state index < -0.39 is 28.7 Å². The van der Waals surface area contributed by atoms with Gasteiger partial charge in [0.05, 0.1) is 11.2 Å². The summed E-state index contributed by atoms with van der Waals surface area (Å²) >= 11 is 0. The van der Waals surface area contributed by atoms with Crippen molar-refractivity contribution in [3.8, 4) is 0 Å². The Morgan fingerprint density at radius 2 is 1.83 bits per heavy atom. The number of rotatable bonds is 7. The fourth-order valence-corrected chi connectivity index (χ4v) is 4.49. The van der Waals surface area contributed by atoms with Crippen molar-refractivity contribution >= 4 is 17.8 Å². The van der Waals surface area contributed by atoms with E-state index in [9.17, 15) is 14.4 Å². The minimum absolute atomic E-state index is 0.276. The van der Waals surface area contributed by atoms with Gasteiger partial charge in [-0.15, -0.1) is 0 Å². The number of hydrogen-bond donors (Lipinski definition) is 2. The number of amides is 4. The number of nitrogens with zero attached hydrogens (tertiary/aromatic N) is 1. The van der Waals surface area contributed by atoms with Crippen LogP contribution in [0.4, 0.5) is 4.79 Å². The first-order valence-corrected chi connectivity index (χ1v) is 10.2. The fraction of sp³-hybridized carbons (Fsp3) is 0.591. The van der Waals surface area contributed by atoms with Gasteiger partial charge < -0.3 is 15.4 Å². The molecule has 2 saturated heterocycles. The highest BCUT2D eigenvalue weighted by atomic mass is 16.5. The van der Waals surface area contributed by atoms with Crippen LogP contribution in [-0.4, -0.2) is 52.6 Å². The van der Waals surface area contributed by atoms with E-state index in [-0.39, 0.29) is 12.5 Å². The third kappa shape index (κ3) is 4.29. The topological polar surface area (TPSA) is 87.7 Å². The van der Waals surface area contributed by atoms with Crippen LogP contribution in [0.2, 0.25) is 0 Å². The molecule has 2 N–H and O–H groups in total. The molecule has 4 amide bonds. The molecule has 7 nitrogen and oxygen atoms in total. The van der Waals surface area contributed by atoms with Crippen LogP contribution in [0.3, 0.4) is 0 Å². The molecule has 0 bridgehead atoms. The SMILES string of the molecule is CC1(C)C[C@@]2(NC(=O)N(CC(=O)NCCCCc3ccccc3)C2=O)C(C)(C)O1. The lowest BCUT2D eigenvalue weighted by Crippen LogP contribution is -2.59. The van der Waals surface area contributed by atoms with Crippen LogP contribution in [0.15, 0.2) is 30.3 Å². The Balaban J connectivity index is 1.49. The van der Waals surface area contributed by atoms with E-state index in [4.69, 9.17) is 4.74 Å². The van der Waals surface area contributed by atoms with Gasteiger partial charge in [0, 0.05) is 13.0 Å². The van der Waals surface area contributed by atoms with Crippen molar-refractivity contribution in [3.05, 3.63) is 35.9 Å². The molecular formula is C22H31N3O4. The van der Waals surface area contributed by atoms with Crippen molar-refractivity contribution in [2.75, 3.05) is 13.1 Å². The zero-order valence-corrected chi connectivity index (χ0v) is 17.7. The van der Waals surface area contributed by atoms with Crippen LogP contribution in [0, 0.1) is 0 Å². The molecule has 0 unspecified atom stereocenters. The lowest BCUT2D eigenvalue weighted by atomic mass is 9.79. The smallest absolute Gasteiger partial charge is 0.325 e. The van der Waals surface area contributed by atoms with Crippen LogP contribution in [0.25, 0.3) is 0 Å². The molecule has 1 aromatic carbocycles. The first kappa shape index (κ1) is 21.3. The van der Waals surface area contributed by atoms with Gasteiger partial charge in [0.2, 0.25) is 5.91 Å². The maximum atomic E-state index is 13.1. The number of imide groups is 1. The molecule has 2 aliphatic heterocycles. The molecule has 0 radical (unpaired) electrons. The second kappa shape index (κ2) is 7.78. The second-order valence-corrected chi connectivity index (χ2v) is 9.07. The van der Waals surface area contributed by atoms with Crippen molar-refractivity contribution in [3.63, 3.8) is 0 Å². The van der Waals surface area contributed by atoms with Crippen molar-refractivity contribution in [1.29, 1.82) is 0 Å². The Hall–Kier alpha value is -2.41. The fourth-order valence-electron chi connectivity index (χ4n) is 4.49. The number of unbranched alkanes of at least 4 members (excludes halogenated alkanes) is 1. The highest BCUT2D eigenvalue weighted by Crippen LogP contribution is 2.47. The van der Waals surface area contributed by atoms with Crippen LogP contribution in [0.5, 0.6) is 0 Å². The van der Waals surface area contributed by atoms with Gasteiger partial charge in [-0.2, -0.15) is 0 Å². The molecule has 158 valence electrons. The summed E-state index contributed by atoms with van der Waals surface area (Å²) in [6.07, 6.45) is 3.11. The van der Waals surface area contributed by atoms with E-state index >= 15 is 0 Å². The molecule has 0 aromatic heterocycles. The average molecular weight is 402 g/mol. The van der Waals surface area contributed by atoms with E-state index in [0.717, 1.165) is 24.2 Å². The Morgan fingerprint density at radius 1 is 1.14 bits per heavy atom. The van der Waals surface area contributed by atoms with Gasteiger partial charge in [-0.05, 0) is 52.5 Å². The summed E-state index contributed by atoms with van der Waals surface area (Å²) in [6, 6.07) is 9.65. The van der Waals surface area contributed by atoms with Gasteiger partial charge in [0.25, 0.3) is 5.91 Å². The Morgan fingerprint density at radius 3 is 2.45 bits per heavy atom. The van der Waals surface area contributed by atoms with Crippen LogP contribution >= 0.6 is 0 Å². The molecule has 2 aliphatic rings. The third-order valence-corrected chi connectivity index (χ3v) is 5.78. The summed E-state index contributed by atoms with van der Waals surface area (Å²) in [5.41, 5.74) is -1.26. The highest BCUT2D eigenvalue weighted by molar-refractivity contribution is 6.10. The highest BCUT2D eigenvalue weighted by Gasteiger charge is 2.67. The summed E-state index contributed by atoms with van der Waals surface area (Å²) in [5.74, 6) is -0.724. The van der Waals surface area contributed by atoms with Gasteiger partial charge in [-0.1, -0.05) is 30.3 Å². The summed E-state index contributed by atoms with van der Waals surface area (Å²) in [7, 11) is 0. The molecule has 7 heteroatoms. The maximum Gasteiger partial charge on any atom is 0.325 e. The number of nitrogens with one attached hydrogen (secondary N) is 2. The lowest BCUT2D eigenvalue weighted by Gasteiger charge is -2.33. The van der Waals surface area contributed by atoms with E-state index in [1.54, 1.807) is 13.8 Å². The van der Waals surface area contributed by atoms with Gasteiger partial charge in [0.15, 0.2) is 5.54 Å². The molecule has 1 atom stereocenters. The van der Waals surface area contributed by atoms with Crippen molar-refractivity contribution in [2.45, 2.75) is 70.1 Å². The number of hydrogen-bond acceptors (Lipinski definition) is 4. The largest absolute Gasteiger partial charge is 0.367 e. The molecule has 2 fully saturated rings. The summed E-state index contributed by atoms with van der Waals surface area (Å²) in [6.45, 7) is 7.64. The van der Waals surface area contributed by atoms with Crippen molar-refractivity contribution < 1.29 is 19.1 Å². The maximum absolute atomic E-state index is 13.1. The van der Waals surface area contributed by atoms with Crippen LogP contribution in [-0.2, 0) is 20.7 Å². The molecule has 29 heavy (non-hydrogen) atoms. The second-order valence-electron chi connectivity index (χ2n) is 9.07. The predicted molar refractivity (Wildman–Crippen MR) is 109 cm³/mol. The monoisotopic (exact) mass is 401 g/mol. The number of ether oxygens (including phenoxy) is 1. The van der Waals surface area contributed by atoms with Gasteiger partial charge in [-0.25, -0.2) is 4.79 Å². The Kier molecular flexibility index (Phi) is 5.72. The molecule has 0 saturated carbocycles. The van der Waals surface area contributed by atoms with Crippen molar-refractivity contribution in [2.24, 2.45) is 0 Å². The predicted octanol–water partition coefficient (Wildman–Crippen LogP) is 2.39. The Labute approximate surface area is 172 Å². The number of benzene rings is 1. The average Bonchev–Trinajstić information content (AvgIpc) is 2.97. The zero-order valence-electron chi connectivity index (χ0n) is 17.7. The molecule has 0 aliphatic carbocycles. The van der Waals surface area contributed by atoms with E-state index in [2.05, 4.69) is 22.8 Å². The minimum Gasteiger partial charge on any atom is -0.367 e. The van der Waals surface area contributed by atoms with E-state index in [1.165, 1.54) is 5.56 Å². The molecular weight excluding hydrogens is 370 g/mol. The summed E-state index contributed by atoms with van der Waals surface area (Å²) in [5, 5.41) is 5.62.